The quantitative estimate of drug-likeness (QED) is 0.939. The first-order valence-corrected chi connectivity index (χ1v) is 6.29. The monoisotopic (exact) mass is 286 g/mol. The number of halogens is 2. The molecule has 2 aromatic rings. The largest absolute Gasteiger partial charge is 0.352 e. The molecule has 1 amide bonds. The first-order valence-electron chi connectivity index (χ1n) is 6.29. The third-order valence-corrected chi connectivity index (χ3v) is 2.97. The standard InChI is InChI=1S/C16H12F2N2O/c17-14-4-2-1-3-12(14)8-16(21)20-10-13-6-5-11(9-19)7-15(13)18/h1-7H,8,10H2,(H,20,21). The van der Waals surface area contributed by atoms with Crippen LogP contribution in [0.5, 0.6) is 0 Å². The number of nitriles is 1. The molecule has 3 nitrogen and oxygen atoms in total. The van der Waals surface area contributed by atoms with Gasteiger partial charge in [0.05, 0.1) is 18.1 Å². The van der Waals surface area contributed by atoms with E-state index in [9.17, 15) is 13.6 Å². The van der Waals surface area contributed by atoms with Crippen LogP contribution in [0, 0.1) is 23.0 Å². The Labute approximate surface area is 120 Å². The summed E-state index contributed by atoms with van der Waals surface area (Å²) in [5.74, 6) is -1.40. The van der Waals surface area contributed by atoms with Crippen molar-refractivity contribution in [3.63, 3.8) is 0 Å². The lowest BCUT2D eigenvalue weighted by atomic mass is 10.1. The van der Waals surface area contributed by atoms with E-state index in [1.165, 1.54) is 24.3 Å². The van der Waals surface area contributed by atoms with E-state index in [1.807, 2.05) is 6.07 Å². The van der Waals surface area contributed by atoms with Gasteiger partial charge in [-0.05, 0) is 23.8 Å². The van der Waals surface area contributed by atoms with Crippen molar-refractivity contribution in [3.05, 3.63) is 70.8 Å². The fourth-order valence-corrected chi connectivity index (χ4v) is 1.83. The average molecular weight is 286 g/mol. The minimum absolute atomic E-state index is 0.00910. The molecule has 5 heteroatoms. The average Bonchev–Trinajstić information content (AvgIpc) is 2.48. The summed E-state index contributed by atoms with van der Waals surface area (Å²) in [6.45, 7) is -0.00910. The molecule has 0 heterocycles. The van der Waals surface area contributed by atoms with Gasteiger partial charge >= 0.3 is 0 Å². The van der Waals surface area contributed by atoms with Gasteiger partial charge in [0, 0.05) is 12.1 Å². The van der Waals surface area contributed by atoms with Gasteiger partial charge in [-0.3, -0.25) is 4.79 Å². The van der Waals surface area contributed by atoms with Crippen molar-refractivity contribution >= 4 is 5.91 Å². The number of hydrogen-bond donors (Lipinski definition) is 1. The predicted molar refractivity (Wildman–Crippen MR) is 73.1 cm³/mol. The van der Waals surface area contributed by atoms with Crippen LogP contribution in [0.1, 0.15) is 16.7 Å². The third-order valence-electron chi connectivity index (χ3n) is 2.97. The summed E-state index contributed by atoms with van der Waals surface area (Å²) in [5.41, 5.74) is 0.778. The number of amides is 1. The Balaban J connectivity index is 1.96. The SMILES string of the molecule is N#Cc1ccc(CNC(=O)Cc2ccccc2F)c(F)c1. The van der Waals surface area contributed by atoms with Gasteiger partial charge in [-0.25, -0.2) is 8.78 Å². The summed E-state index contributed by atoms with van der Waals surface area (Å²) in [5, 5.41) is 11.2. The van der Waals surface area contributed by atoms with Gasteiger partial charge in [-0.1, -0.05) is 24.3 Å². The highest BCUT2D eigenvalue weighted by Crippen LogP contribution is 2.10. The molecule has 0 bridgehead atoms. The van der Waals surface area contributed by atoms with Crippen molar-refractivity contribution in [2.24, 2.45) is 0 Å². The second-order valence-corrected chi connectivity index (χ2v) is 4.46. The van der Waals surface area contributed by atoms with Gasteiger partial charge in [0.15, 0.2) is 0 Å². The Bertz CT molecular complexity index is 708. The van der Waals surface area contributed by atoms with Crippen molar-refractivity contribution in [1.82, 2.24) is 5.32 Å². The Kier molecular flexibility index (Phi) is 4.62. The van der Waals surface area contributed by atoms with E-state index in [1.54, 1.807) is 12.1 Å². The van der Waals surface area contributed by atoms with Crippen LogP contribution in [-0.4, -0.2) is 5.91 Å². The van der Waals surface area contributed by atoms with Crippen LogP contribution in [0.4, 0.5) is 8.78 Å². The zero-order valence-electron chi connectivity index (χ0n) is 11.1. The summed E-state index contributed by atoms with van der Waals surface area (Å²) in [7, 11) is 0. The molecule has 0 radical (unpaired) electrons. The van der Waals surface area contributed by atoms with Crippen molar-refractivity contribution in [2.45, 2.75) is 13.0 Å². The number of benzene rings is 2. The summed E-state index contributed by atoms with van der Waals surface area (Å²) in [6, 6.07) is 11.8. The smallest absolute Gasteiger partial charge is 0.224 e. The van der Waals surface area contributed by atoms with Gasteiger partial charge < -0.3 is 5.32 Å². The van der Waals surface area contributed by atoms with Crippen molar-refractivity contribution in [1.29, 1.82) is 5.26 Å². The molecule has 0 atom stereocenters. The molecule has 0 aliphatic carbocycles. The summed E-state index contributed by atoms with van der Waals surface area (Å²) in [6.07, 6.45) is -0.107. The highest BCUT2D eigenvalue weighted by atomic mass is 19.1. The molecule has 0 saturated heterocycles. The number of nitrogens with one attached hydrogen (secondary N) is 1. The molecular weight excluding hydrogens is 274 g/mol. The second-order valence-electron chi connectivity index (χ2n) is 4.46. The van der Waals surface area contributed by atoms with Crippen LogP contribution < -0.4 is 5.32 Å². The molecule has 2 aromatic carbocycles. The van der Waals surface area contributed by atoms with Crippen molar-refractivity contribution in [3.8, 4) is 6.07 Å². The maximum absolute atomic E-state index is 13.6. The third kappa shape index (κ3) is 3.86. The lowest BCUT2D eigenvalue weighted by molar-refractivity contribution is -0.120. The number of carbonyl (C=O) groups excluding carboxylic acids is 1. The fraction of sp³-hybridized carbons (Fsp3) is 0.125. The van der Waals surface area contributed by atoms with E-state index in [0.29, 0.717) is 0 Å². The number of hydrogen-bond acceptors (Lipinski definition) is 2. The molecular formula is C16H12F2N2O. The van der Waals surface area contributed by atoms with Gasteiger partial charge in [0.25, 0.3) is 0 Å². The molecule has 2 rings (SSSR count). The molecule has 0 unspecified atom stereocenters. The number of nitrogens with zero attached hydrogens (tertiary/aromatic N) is 1. The molecule has 0 spiro atoms. The van der Waals surface area contributed by atoms with Gasteiger partial charge in [-0.15, -0.1) is 0 Å². The molecule has 1 N–H and O–H groups in total. The van der Waals surface area contributed by atoms with Crippen LogP contribution in [-0.2, 0) is 17.8 Å². The van der Waals surface area contributed by atoms with E-state index < -0.39 is 17.5 Å². The number of carbonyl (C=O) groups is 1. The lowest BCUT2D eigenvalue weighted by Crippen LogP contribution is -2.25. The Morgan fingerprint density at radius 3 is 2.52 bits per heavy atom. The molecule has 0 aromatic heterocycles. The molecule has 0 aliphatic rings. The van der Waals surface area contributed by atoms with Crippen molar-refractivity contribution < 1.29 is 13.6 Å². The molecule has 0 saturated carbocycles. The van der Waals surface area contributed by atoms with Crippen LogP contribution >= 0.6 is 0 Å². The van der Waals surface area contributed by atoms with Crippen LogP contribution in [0.3, 0.4) is 0 Å². The molecule has 21 heavy (non-hydrogen) atoms. The van der Waals surface area contributed by atoms with Crippen LogP contribution in [0.15, 0.2) is 42.5 Å². The van der Waals surface area contributed by atoms with Gasteiger partial charge in [-0.2, -0.15) is 5.26 Å². The van der Waals surface area contributed by atoms with Crippen molar-refractivity contribution in [2.75, 3.05) is 0 Å². The number of rotatable bonds is 4. The summed E-state index contributed by atoms with van der Waals surface area (Å²) >= 11 is 0. The van der Waals surface area contributed by atoms with Gasteiger partial charge in [0.1, 0.15) is 11.6 Å². The summed E-state index contributed by atoms with van der Waals surface area (Å²) in [4.78, 5) is 11.7. The van der Waals surface area contributed by atoms with Gasteiger partial charge in [0.2, 0.25) is 5.91 Å². The zero-order valence-corrected chi connectivity index (χ0v) is 11.1. The highest BCUT2D eigenvalue weighted by molar-refractivity contribution is 5.78. The predicted octanol–water partition coefficient (Wildman–Crippen LogP) is 2.70. The zero-order chi connectivity index (χ0) is 15.2. The van der Waals surface area contributed by atoms with E-state index in [0.717, 1.165) is 6.07 Å². The Hall–Kier alpha value is -2.74. The van der Waals surface area contributed by atoms with E-state index in [4.69, 9.17) is 5.26 Å². The minimum Gasteiger partial charge on any atom is -0.352 e. The van der Waals surface area contributed by atoms with E-state index in [-0.39, 0.29) is 29.7 Å². The second kappa shape index (κ2) is 6.62. The molecule has 106 valence electrons. The first-order chi connectivity index (χ1) is 10.1. The summed E-state index contributed by atoms with van der Waals surface area (Å²) < 4.78 is 27.0. The first kappa shape index (κ1) is 14.7. The van der Waals surface area contributed by atoms with Crippen LogP contribution in [0.2, 0.25) is 0 Å². The maximum atomic E-state index is 13.6. The highest BCUT2D eigenvalue weighted by Gasteiger charge is 2.09. The van der Waals surface area contributed by atoms with E-state index in [2.05, 4.69) is 5.32 Å². The Morgan fingerprint density at radius 2 is 1.86 bits per heavy atom. The molecule has 0 aliphatic heterocycles. The fourth-order valence-electron chi connectivity index (χ4n) is 1.83. The Morgan fingerprint density at radius 1 is 1.10 bits per heavy atom. The normalized spacial score (nSPS) is 9.95. The topological polar surface area (TPSA) is 52.9 Å². The van der Waals surface area contributed by atoms with Crippen LogP contribution in [0.25, 0.3) is 0 Å². The maximum Gasteiger partial charge on any atom is 0.224 e. The minimum atomic E-state index is -0.555. The molecule has 0 fully saturated rings. The lowest BCUT2D eigenvalue weighted by Gasteiger charge is -2.07. The van der Waals surface area contributed by atoms with E-state index >= 15 is 0 Å².